The Hall–Kier alpha value is -3.04. The van der Waals surface area contributed by atoms with Crippen molar-refractivity contribution in [3.05, 3.63) is 31.2 Å². The molecule has 10 nitrogen and oxygen atoms in total. The van der Waals surface area contributed by atoms with Crippen LogP contribution < -0.4 is 5.32 Å². The first kappa shape index (κ1) is 17.8. The summed E-state index contributed by atoms with van der Waals surface area (Å²) < 4.78 is 5.74. The number of hydrogen-bond donors (Lipinski definition) is 1. The second-order valence-corrected chi connectivity index (χ2v) is 9.22. The van der Waals surface area contributed by atoms with Crippen LogP contribution in [0.3, 0.4) is 0 Å². The molecule has 0 unspecified atom stereocenters. The van der Waals surface area contributed by atoms with E-state index in [9.17, 15) is 4.79 Å². The molecular formula is C20H25N9O. The van der Waals surface area contributed by atoms with Crippen LogP contribution in [-0.4, -0.2) is 51.0 Å². The van der Waals surface area contributed by atoms with Gasteiger partial charge >= 0.3 is 0 Å². The van der Waals surface area contributed by atoms with Crippen molar-refractivity contribution in [2.24, 2.45) is 18.9 Å². The van der Waals surface area contributed by atoms with Crippen LogP contribution in [-0.2, 0) is 11.8 Å². The fourth-order valence-electron chi connectivity index (χ4n) is 5.69. The minimum atomic E-state index is -0.205. The van der Waals surface area contributed by atoms with E-state index in [2.05, 4.69) is 30.9 Å². The van der Waals surface area contributed by atoms with Crippen LogP contribution in [0.25, 0.3) is 11.3 Å². The Kier molecular flexibility index (Phi) is 3.84. The molecule has 0 spiro atoms. The maximum Gasteiger partial charge on any atom is 0.223 e. The quantitative estimate of drug-likeness (QED) is 0.687. The van der Waals surface area contributed by atoms with Gasteiger partial charge in [-0.3, -0.25) is 9.48 Å². The molecule has 0 aromatic carbocycles. The van der Waals surface area contributed by atoms with E-state index in [1.165, 1.54) is 6.42 Å². The zero-order chi connectivity index (χ0) is 20.3. The molecule has 2 bridgehead atoms. The van der Waals surface area contributed by atoms with Crippen molar-refractivity contribution >= 4 is 5.91 Å². The number of carbonyl (C=O) groups excluding carboxylic acids is 1. The number of rotatable bonds is 5. The average molecular weight is 407 g/mol. The van der Waals surface area contributed by atoms with Crippen LogP contribution in [0.15, 0.2) is 31.2 Å². The molecule has 30 heavy (non-hydrogen) atoms. The number of carbonyl (C=O) groups is 1. The van der Waals surface area contributed by atoms with E-state index in [4.69, 9.17) is 0 Å². The number of nitrogens with one attached hydrogen (secondary N) is 1. The summed E-state index contributed by atoms with van der Waals surface area (Å²) in [6.07, 6.45) is 15.2. The van der Waals surface area contributed by atoms with E-state index in [1.807, 2.05) is 28.7 Å². The van der Waals surface area contributed by atoms with Gasteiger partial charge in [-0.1, -0.05) is 5.21 Å². The van der Waals surface area contributed by atoms with E-state index >= 15 is 0 Å². The van der Waals surface area contributed by atoms with Crippen LogP contribution in [0.5, 0.6) is 0 Å². The molecule has 1 amide bonds. The van der Waals surface area contributed by atoms with Crippen molar-refractivity contribution in [3.63, 3.8) is 0 Å². The number of aryl methyl sites for hydroxylation is 1. The van der Waals surface area contributed by atoms with Crippen molar-refractivity contribution in [1.82, 2.24) is 44.9 Å². The van der Waals surface area contributed by atoms with Crippen molar-refractivity contribution < 1.29 is 4.79 Å². The second kappa shape index (κ2) is 6.48. The molecule has 3 aliphatic carbocycles. The molecule has 1 N–H and O–H groups in total. The Balaban J connectivity index is 1.18. The van der Waals surface area contributed by atoms with Crippen LogP contribution in [0.4, 0.5) is 0 Å². The number of fused-ring (bicyclic) bond motifs is 2. The highest BCUT2D eigenvalue weighted by molar-refractivity contribution is 5.80. The molecule has 3 aromatic rings. The van der Waals surface area contributed by atoms with Crippen molar-refractivity contribution in [3.8, 4) is 11.3 Å². The lowest BCUT2D eigenvalue weighted by Crippen LogP contribution is -2.54. The molecule has 156 valence electrons. The van der Waals surface area contributed by atoms with E-state index in [-0.39, 0.29) is 23.4 Å². The standard InChI is InChI=1S/C20H25N9O/c1-27-9-15(8-23-27)17-10-29(26-25-17)18-4-13-2-3-20(18,7-13)24-19(30)14-5-16(6-14)28-11-21-22-12-28/h8-14,16,18H,2-7H2,1H3,(H,24,30)/t13-,14?,16?,18+,20+/m0/s1. The Morgan fingerprint density at radius 2 is 2.03 bits per heavy atom. The molecule has 0 saturated heterocycles. The van der Waals surface area contributed by atoms with Gasteiger partial charge < -0.3 is 9.88 Å². The molecule has 3 heterocycles. The first-order valence-corrected chi connectivity index (χ1v) is 10.7. The molecule has 0 radical (unpaired) electrons. The maximum atomic E-state index is 13.1. The Bertz CT molecular complexity index is 1060. The SMILES string of the molecule is Cn1cc(-c2cn([C@@H]3C[C@@H]4CC[C@@]3(NC(=O)C3CC(n5cnnc5)C3)C4)nn2)cn1. The van der Waals surface area contributed by atoms with E-state index in [1.54, 1.807) is 23.5 Å². The maximum absolute atomic E-state index is 13.1. The zero-order valence-electron chi connectivity index (χ0n) is 16.9. The van der Waals surface area contributed by atoms with Gasteiger partial charge in [0.15, 0.2) is 0 Å². The molecule has 3 saturated carbocycles. The molecule has 10 heteroatoms. The van der Waals surface area contributed by atoms with Crippen molar-refractivity contribution in [1.29, 1.82) is 0 Å². The van der Waals surface area contributed by atoms with Gasteiger partial charge in [0, 0.05) is 30.8 Å². The highest BCUT2D eigenvalue weighted by Gasteiger charge is 2.55. The summed E-state index contributed by atoms with van der Waals surface area (Å²) in [7, 11) is 1.89. The number of hydrogen-bond acceptors (Lipinski definition) is 6. The molecule has 3 atom stereocenters. The van der Waals surface area contributed by atoms with Gasteiger partial charge in [0.2, 0.25) is 5.91 Å². The lowest BCUT2D eigenvalue weighted by molar-refractivity contribution is -0.131. The van der Waals surface area contributed by atoms with Crippen LogP contribution in [0, 0.1) is 11.8 Å². The van der Waals surface area contributed by atoms with Crippen LogP contribution >= 0.6 is 0 Å². The lowest BCUT2D eigenvalue weighted by atomic mass is 9.78. The third kappa shape index (κ3) is 2.77. The molecule has 3 aromatic heterocycles. The third-order valence-corrected chi connectivity index (χ3v) is 7.39. The largest absolute Gasteiger partial charge is 0.348 e. The summed E-state index contributed by atoms with van der Waals surface area (Å²) in [5.41, 5.74) is 1.58. The Labute approximate surface area is 173 Å². The number of amides is 1. The summed E-state index contributed by atoms with van der Waals surface area (Å²) in [6.45, 7) is 0. The molecule has 0 aliphatic heterocycles. The van der Waals surface area contributed by atoms with Crippen LogP contribution in [0.2, 0.25) is 0 Å². The summed E-state index contributed by atoms with van der Waals surface area (Å²) in [5, 5.41) is 24.2. The second-order valence-electron chi connectivity index (χ2n) is 9.22. The number of aromatic nitrogens is 8. The monoisotopic (exact) mass is 407 g/mol. The topological polar surface area (TPSA) is 108 Å². The van der Waals surface area contributed by atoms with E-state index in [0.717, 1.165) is 43.4 Å². The van der Waals surface area contributed by atoms with Crippen molar-refractivity contribution in [2.45, 2.75) is 56.1 Å². The first-order chi connectivity index (χ1) is 14.6. The van der Waals surface area contributed by atoms with E-state index < -0.39 is 0 Å². The van der Waals surface area contributed by atoms with Crippen molar-refractivity contribution in [2.75, 3.05) is 0 Å². The summed E-state index contributed by atoms with van der Waals surface area (Å²) in [4.78, 5) is 13.1. The Morgan fingerprint density at radius 1 is 1.20 bits per heavy atom. The third-order valence-electron chi connectivity index (χ3n) is 7.39. The van der Waals surface area contributed by atoms with Gasteiger partial charge in [0.05, 0.1) is 24.0 Å². The fraction of sp³-hybridized carbons (Fsp3) is 0.600. The Morgan fingerprint density at radius 3 is 2.77 bits per heavy atom. The highest BCUT2D eigenvalue weighted by atomic mass is 16.2. The van der Waals surface area contributed by atoms with Gasteiger partial charge in [-0.15, -0.1) is 15.3 Å². The van der Waals surface area contributed by atoms with Gasteiger partial charge in [-0.05, 0) is 44.4 Å². The molecular weight excluding hydrogens is 382 g/mol. The van der Waals surface area contributed by atoms with Gasteiger partial charge in [-0.25, -0.2) is 4.68 Å². The predicted molar refractivity (Wildman–Crippen MR) is 106 cm³/mol. The number of nitrogens with zero attached hydrogens (tertiary/aromatic N) is 8. The highest BCUT2D eigenvalue weighted by Crippen LogP contribution is 2.54. The van der Waals surface area contributed by atoms with E-state index in [0.29, 0.717) is 12.0 Å². The smallest absolute Gasteiger partial charge is 0.223 e. The summed E-state index contributed by atoms with van der Waals surface area (Å²) in [5.74, 6) is 0.890. The zero-order valence-corrected chi connectivity index (χ0v) is 16.9. The minimum Gasteiger partial charge on any atom is -0.348 e. The van der Waals surface area contributed by atoms with Gasteiger partial charge in [0.25, 0.3) is 0 Å². The minimum absolute atomic E-state index is 0.0637. The normalized spacial score (nSPS) is 32.3. The lowest BCUT2D eigenvalue weighted by Gasteiger charge is -2.40. The fourth-order valence-corrected chi connectivity index (χ4v) is 5.69. The van der Waals surface area contributed by atoms with Gasteiger partial charge in [0.1, 0.15) is 18.3 Å². The summed E-state index contributed by atoms with van der Waals surface area (Å²) >= 11 is 0. The predicted octanol–water partition coefficient (Wildman–Crippen LogP) is 1.52. The average Bonchev–Trinajstić information content (AvgIpc) is 3.48. The van der Waals surface area contributed by atoms with Crippen LogP contribution in [0.1, 0.15) is 50.6 Å². The summed E-state index contributed by atoms with van der Waals surface area (Å²) in [6, 6.07) is 0.494. The van der Waals surface area contributed by atoms with Gasteiger partial charge in [-0.2, -0.15) is 5.10 Å². The molecule has 6 rings (SSSR count). The molecule has 3 aliphatic rings. The first-order valence-electron chi connectivity index (χ1n) is 10.7. The molecule has 3 fully saturated rings.